The lowest BCUT2D eigenvalue weighted by molar-refractivity contribution is 0.0447. The first kappa shape index (κ1) is 25.8. The van der Waals surface area contributed by atoms with Crippen LogP contribution in [0, 0.1) is 40.9 Å². The maximum absolute atomic E-state index is 10.6. The van der Waals surface area contributed by atoms with Gasteiger partial charge in [-0.1, -0.05) is 58.9 Å². The van der Waals surface area contributed by atoms with Crippen molar-refractivity contribution >= 4 is 0 Å². The molecule has 0 aromatic rings. The summed E-state index contributed by atoms with van der Waals surface area (Å²) >= 11 is 0. The van der Waals surface area contributed by atoms with Crippen LogP contribution >= 0.6 is 0 Å². The van der Waals surface area contributed by atoms with Crippen LogP contribution in [-0.2, 0) is 0 Å². The molecule has 2 nitrogen and oxygen atoms in total. The smallest absolute Gasteiger partial charge is 0.0815 e. The van der Waals surface area contributed by atoms with E-state index < -0.39 is 11.7 Å². The van der Waals surface area contributed by atoms with E-state index >= 15 is 0 Å². The highest BCUT2D eigenvalue weighted by Crippen LogP contribution is 2.60. The van der Waals surface area contributed by atoms with Gasteiger partial charge in [-0.05, 0) is 117 Å². The molecule has 0 bridgehead atoms. The van der Waals surface area contributed by atoms with Gasteiger partial charge in [-0.25, -0.2) is 0 Å². The van der Waals surface area contributed by atoms with Gasteiger partial charge in [0.05, 0.1) is 11.7 Å². The molecule has 0 heterocycles. The van der Waals surface area contributed by atoms with E-state index in [-0.39, 0.29) is 0 Å². The van der Waals surface area contributed by atoms with Gasteiger partial charge in [0.2, 0.25) is 0 Å². The summed E-state index contributed by atoms with van der Waals surface area (Å²) in [5.74, 6) is 3.60. The lowest BCUT2D eigenvalue weighted by atomic mass is 9.59. The summed E-state index contributed by atoms with van der Waals surface area (Å²) in [6.07, 6.45) is 13.9. The molecule has 3 fully saturated rings. The van der Waals surface area contributed by atoms with E-state index in [0.717, 1.165) is 30.8 Å². The van der Waals surface area contributed by atoms with Crippen LogP contribution in [0.2, 0.25) is 0 Å². The summed E-state index contributed by atoms with van der Waals surface area (Å²) in [5.41, 5.74) is 3.67. The molecule has 32 heavy (non-hydrogen) atoms. The first-order valence-electron chi connectivity index (χ1n) is 13.3. The van der Waals surface area contributed by atoms with E-state index in [1.807, 2.05) is 13.8 Å². The standard InChI is InChI=1S/C30H50O2/c1-19(15-17-29(6,7)32)21(3)26-13-14-27-24(10-9-16-30(26,27)8)11-12-25-18-20(2)22(4)28(31)23(25)5/h11-12,19-22,26-28,31-32H,5,9-10,13-18H2,1-4,6-8H3/b24-11+,25-12-/t19?,20?,21-,22?,26?,27?,28?,30?/m0/s1. The van der Waals surface area contributed by atoms with Crippen molar-refractivity contribution in [2.45, 2.75) is 112 Å². The van der Waals surface area contributed by atoms with Crippen molar-refractivity contribution in [2.75, 3.05) is 0 Å². The fourth-order valence-corrected chi connectivity index (χ4v) is 7.25. The van der Waals surface area contributed by atoms with Crippen LogP contribution in [0.1, 0.15) is 99.8 Å². The Labute approximate surface area is 198 Å². The Morgan fingerprint density at radius 2 is 1.88 bits per heavy atom. The minimum atomic E-state index is -0.559. The van der Waals surface area contributed by atoms with Crippen LogP contribution in [0.15, 0.2) is 35.5 Å². The van der Waals surface area contributed by atoms with E-state index in [1.165, 1.54) is 37.7 Å². The Balaban J connectivity index is 1.75. The Kier molecular flexibility index (Phi) is 7.88. The molecule has 3 aliphatic carbocycles. The van der Waals surface area contributed by atoms with Crippen LogP contribution in [-0.4, -0.2) is 21.9 Å². The lowest BCUT2D eigenvalue weighted by Crippen LogP contribution is -2.37. The minimum Gasteiger partial charge on any atom is -0.390 e. The number of hydrogen-bond acceptors (Lipinski definition) is 2. The predicted octanol–water partition coefficient (Wildman–Crippen LogP) is 7.47. The fourth-order valence-electron chi connectivity index (χ4n) is 7.25. The monoisotopic (exact) mass is 442 g/mol. The summed E-state index contributed by atoms with van der Waals surface area (Å²) < 4.78 is 0. The van der Waals surface area contributed by atoms with Crippen molar-refractivity contribution in [2.24, 2.45) is 40.9 Å². The molecule has 8 atom stereocenters. The quantitative estimate of drug-likeness (QED) is 0.448. The summed E-state index contributed by atoms with van der Waals surface area (Å²) in [6, 6.07) is 0. The third-order valence-electron chi connectivity index (χ3n) is 9.99. The highest BCUT2D eigenvalue weighted by molar-refractivity contribution is 5.39. The second kappa shape index (κ2) is 9.79. The van der Waals surface area contributed by atoms with Gasteiger partial charge in [0.15, 0.2) is 0 Å². The van der Waals surface area contributed by atoms with E-state index in [4.69, 9.17) is 0 Å². The maximum Gasteiger partial charge on any atom is 0.0815 e. The topological polar surface area (TPSA) is 40.5 Å². The van der Waals surface area contributed by atoms with Crippen LogP contribution < -0.4 is 0 Å². The summed E-state index contributed by atoms with van der Waals surface area (Å²) in [7, 11) is 0. The van der Waals surface area contributed by atoms with Gasteiger partial charge in [-0.2, -0.15) is 0 Å². The highest BCUT2D eigenvalue weighted by atomic mass is 16.3. The third kappa shape index (κ3) is 5.27. The molecule has 0 radical (unpaired) electrons. The lowest BCUT2D eigenvalue weighted by Gasteiger charge is -2.45. The van der Waals surface area contributed by atoms with Crippen molar-refractivity contribution in [3.8, 4) is 0 Å². The van der Waals surface area contributed by atoms with Crippen LogP contribution in [0.25, 0.3) is 0 Å². The summed E-state index contributed by atoms with van der Waals surface area (Å²) in [6.45, 7) is 19.9. The third-order valence-corrected chi connectivity index (χ3v) is 9.99. The molecular formula is C30H50O2. The van der Waals surface area contributed by atoms with Gasteiger partial charge in [0.25, 0.3) is 0 Å². The molecule has 182 valence electrons. The van der Waals surface area contributed by atoms with Gasteiger partial charge in [0.1, 0.15) is 0 Å². The summed E-state index contributed by atoms with van der Waals surface area (Å²) in [4.78, 5) is 0. The Morgan fingerprint density at radius 1 is 1.19 bits per heavy atom. The van der Waals surface area contributed by atoms with Crippen molar-refractivity contribution in [1.82, 2.24) is 0 Å². The molecule has 2 heteroatoms. The van der Waals surface area contributed by atoms with Crippen molar-refractivity contribution in [1.29, 1.82) is 0 Å². The number of allylic oxidation sites excluding steroid dienone is 3. The Morgan fingerprint density at radius 3 is 2.53 bits per heavy atom. The van der Waals surface area contributed by atoms with Gasteiger partial charge >= 0.3 is 0 Å². The van der Waals surface area contributed by atoms with Crippen LogP contribution in [0.5, 0.6) is 0 Å². The van der Waals surface area contributed by atoms with E-state index in [2.05, 4.69) is 53.3 Å². The molecule has 0 spiro atoms. The fraction of sp³-hybridized carbons (Fsp3) is 0.800. The molecule has 3 aliphatic rings. The number of fused-ring (bicyclic) bond motifs is 1. The second-order valence-corrected chi connectivity index (χ2v) is 12.7. The number of hydrogen-bond donors (Lipinski definition) is 2. The van der Waals surface area contributed by atoms with E-state index in [0.29, 0.717) is 35.0 Å². The number of aliphatic hydroxyl groups is 2. The molecule has 2 N–H and O–H groups in total. The largest absolute Gasteiger partial charge is 0.390 e. The summed E-state index contributed by atoms with van der Waals surface area (Å²) in [5, 5.41) is 20.8. The molecular weight excluding hydrogens is 392 g/mol. The Hall–Kier alpha value is -0.860. The average molecular weight is 443 g/mol. The average Bonchev–Trinajstić information content (AvgIpc) is 3.08. The number of rotatable bonds is 6. The normalized spacial score (nSPS) is 40.5. The highest BCUT2D eigenvalue weighted by Gasteiger charge is 2.51. The predicted molar refractivity (Wildman–Crippen MR) is 136 cm³/mol. The van der Waals surface area contributed by atoms with Gasteiger partial charge < -0.3 is 10.2 Å². The zero-order valence-corrected chi connectivity index (χ0v) is 22.0. The zero-order chi connectivity index (χ0) is 23.8. The Bertz CT molecular complexity index is 738. The van der Waals surface area contributed by atoms with Gasteiger partial charge in [0, 0.05) is 0 Å². The first-order valence-corrected chi connectivity index (χ1v) is 13.3. The maximum atomic E-state index is 10.6. The number of aliphatic hydroxyl groups excluding tert-OH is 1. The molecule has 7 unspecified atom stereocenters. The van der Waals surface area contributed by atoms with Crippen LogP contribution in [0.3, 0.4) is 0 Å². The molecule has 3 rings (SSSR count). The van der Waals surface area contributed by atoms with Gasteiger partial charge in [-0.3, -0.25) is 0 Å². The van der Waals surface area contributed by atoms with E-state index in [9.17, 15) is 10.2 Å². The SMILES string of the molecule is C=C1/C(=C\C=C2/CCCC3(C)C2CCC3[C@@H](C)C(C)CCC(C)(C)O)CC(C)C(C)C1O. The van der Waals surface area contributed by atoms with Crippen molar-refractivity contribution in [3.63, 3.8) is 0 Å². The first-order chi connectivity index (χ1) is 14.8. The molecule has 0 saturated heterocycles. The van der Waals surface area contributed by atoms with Gasteiger partial charge in [-0.15, -0.1) is 0 Å². The molecule has 0 amide bonds. The zero-order valence-electron chi connectivity index (χ0n) is 22.0. The van der Waals surface area contributed by atoms with Crippen molar-refractivity contribution in [3.05, 3.63) is 35.5 Å². The van der Waals surface area contributed by atoms with Crippen molar-refractivity contribution < 1.29 is 10.2 Å². The van der Waals surface area contributed by atoms with Crippen LogP contribution in [0.4, 0.5) is 0 Å². The van der Waals surface area contributed by atoms with E-state index in [1.54, 1.807) is 5.57 Å². The second-order valence-electron chi connectivity index (χ2n) is 12.7. The molecule has 0 aliphatic heterocycles. The minimum absolute atomic E-state index is 0.292. The molecule has 3 saturated carbocycles. The molecule has 0 aromatic carbocycles. The molecule has 0 aromatic heterocycles.